The van der Waals surface area contributed by atoms with Gasteiger partial charge < -0.3 is 10.5 Å². The lowest BCUT2D eigenvalue weighted by Crippen LogP contribution is -2.10. The van der Waals surface area contributed by atoms with Gasteiger partial charge in [-0.05, 0) is 18.6 Å². The number of aryl methyl sites for hydroxylation is 1. The molecule has 0 bridgehead atoms. The molecule has 0 unspecified atom stereocenters. The van der Waals surface area contributed by atoms with E-state index in [1.54, 1.807) is 0 Å². The molecule has 0 amide bonds. The van der Waals surface area contributed by atoms with Crippen LogP contribution < -0.4 is 10.5 Å². The molecular formula is C12H15NO. The Labute approximate surface area is 84.7 Å². The number of nitrogens with two attached hydrogens (primary N) is 1. The van der Waals surface area contributed by atoms with Crippen LogP contribution in [-0.2, 0) is 0 Å². The van der Waals surface area contributed by atoms with Crippen LogP contribution in [0, 0.1) is 6.92 Å². The summed E-state index contributed by atoms with van der Waals surface area (Å²) in [5.41, 5.74) is 10.2. The van der Waals surface area contributed by atoms with E-state index in [-0.39, 0.29) is 0 Å². The average molecular weight is 189 g/mol. The van der Waals surface area contributed by atoms with Crippen molar-refractivity contribution in [1.82, 2.24) is 0 Å². The van der Waals surface area contributed by atoms with Gasteiger partial charge in [0.15, 0.2) is 0 Å². The van der Waals surface area contributed by atoms with Gasteiger partial charge in [0.25, 0.3) is 0 Å². The van der Waals surface area contributed by atoms with Crippen molar-refractivity contribution in [3.63, 3.8) is 0 Å². The van der Waals surface area contributed by atoms with Crippen LogP contribution in [-0.4, -0.2) is 13.2 Å². The van der Waals surface area contributed by atoms with E-state index in [1.807, 2.05) is 31.2 Å². The van der Waals surface area contributed by atoms with Crippen LogP contribution >= 0.6 is 0 Å². The lowest BCUT2D eigenvalue weighted by Gasteiger charge is -2.08. The van der Waals surface area contributed by atoms with Crippen molar-refractivity contribution >= 4 is 0 Å². The van der Waals surface area contributed by atoms with Crippen LogP contribution in [0.25, 0.3) is 0 Å². The minimum Gasteiger partial charge on any atom is -0.488 e. The lowest BCUT2D eigenvalue weighted by atomic mass is 10.2. The Kier molecular flexibility index (Phi) is 3.99. The van der Waals surface area contributed by atoms with Crippen molar-refractivity contribution < 1.29 is 4.74 Å². The van der Waals surface area contributed by atoms with E-state index >= 15 is 0 Å². The topological polar surface area (TPSA) is 35.2 Å². The van der Waals surface area contributed by atoms with E-state index in [1.165, 1.54) is 0 Å². The zero-order valence-electron chi connectivity index (χ0n) is 8.42. The molecule has 1 aromatic rings. The maximum Gasteiger partial charge on any atom is 0.122 e. The predicted molar refractivity (Wildman–Crippen MR) is 58.4 cm³/mol. The van der Waals surface area contributed by atoms with Crippen molar-refractivity contribution in [3.05, 3.63) is 47.7 Å². The molecule has 0 atom stereocenters. The van der Waals surface area contributed by atoms with Gasteiger partial charge in [0.1, 0.15) is 12.4 Å². The Bertz CT molecular complexity index is 351. The van der Waals surface area contributed by atoms with Crippen LogP contribution in [0.2, 0.25) is 0 Å². The number of benzene rings is 1. The summed E-state index contributed by atoms with van der Waals surface area (Å²) >= 11 is 0. The minimum absolute atomic E-state index is 0.440. The second-order valence-corrected chi connectivity index (χ2v) is 3.04. The van der Waals surface area contributed by atoms with Crippen molar-refractivity contribution in [2.45, 2.75) is 6.92 Å². The number of para-hydroxylation sites is 1. The van der Waals surface area contributed by atoms with E-state index < -0.39 is 0 Å². The molecular weight excluding hydrogens is 174 g/mol. The molecule has 0 radical (unpaired) electrons. The number of hydrogen-bond donors (Lipinski definition) is 1. The highest BCUT2D eigenvalue weighted by Crippen LogP contribution is 2.16. The second kappa shape index (κ2) is 5.28. The Hall–Kier alpha value is -1.50. The Balaban J connectivity index is 2.62. The summed E-state index contributed by atoms with van der Waals surface area (Å²) in [4.78, 5) is 0. The maximum absolute atomic E-state index is 5.56. The number of rotatable bonds is 4. The minimum atomic E-state index is 0.440. The molecule has 0 aliphatic rings. The first-order valence-electron chi connectivity index (χ1n) is 4.54. The first-order chi connectivity index (χ1) is 6.77. The van der Waals surface area contributed by atoms with Crippen LogP contribution in [0.1, 0.15) is 5.56 Å². The van der Waals surface area contributed by atoms with Crippen LogP contribution in [0.4, 0.5) is 0 Å². The number of hydrogen-bond acceptors (Lipinski definition) is 2. The summed E-state index contributed by atoms with van der Waals surface area (Å²) < 4.78 is 5.56. The third kappa shape index (κ3) is 2.77. The van der Waals surface area contributed by atoms with Gasteiger partial charge in [-0.15, -0.1) is 5.73 Å². The molecule has 2 nitrogen and oxygen atoms in total. The van der Waals surface area contributed by atoms with Gasteiger partial charge in [-0.3, -0.25) is 0 Å². The molecule has 0 spiro atoms. The second-order valence-electron chi connectivity index (χ2n) is 3.04. The summed E-state index contributed by atoms with van der Waals surface area (Å²) in [5, 5.41) is 0. The third-order valence-electron chi connectivity index (χ3n) is 1.99. The van der Waals surface area contributed by atoms with E-state index in [0.29, 0.717) is 13.2 Å². The highest BCUT2D eigenvalue weighted by atomic mass is 16.5. The highest BCUT2D eigenvalue weighted by Gasteiger charge is 1.98. The van der Waals surface area contributed by atoms with E-state index in [4.69, 9.17) is 10.5 Å². The largest absolute Gasteiger partial charge is 0.488 e. The summed E-state index contributed by atoms with van der Waals surface area (Å²) in [5.74, 6) is 0.883. The highest BCUT2D eigenvalue weighted by molar-refractivity contribution is 5.32. The fourth-order valence-electron chi connectivity index (χ4n) is 1.07. The van der Waals surface area contributed by atoms with Gasteiger partial charge in [-0.2, -0.15) is 0 Å². The van der Waals surface area contributed by atoms with Crippen molar-refractivity contribution in [2.24, 2.45) is 5.73 Å². The van der Waals surface area contributed by atoms with Crippen LogP contribution in [0.5, 0.6) is 5.75 Å². The van der Waals surface area contributed by atoms with E-state index in [0.717, 1.165) is 16.9 Å². The summed E-state index contributed by atoms with van der Waals surface area (Å²) in [6, 6.07) is 7.87. The monoisotopic (exact) mass is 189 g/mol. The van der Waals surface area contributed by atoms with E-state index in [9.17, 15) is 0 Å². The van der Waals surface area contributed by atoms with Crippen LogP contribution in [0.3, 0.4) is 0 Å². The molecule has 14 heavy (non-hydrogen) atoms. The van der Waals surface area contributed by atoms with Crippen LogP contribution in [0.15, 0.2) is 42.1 Å². The first-order valence-corrected chi connectivity index (χ1v) is 4.54. The fraction of sp³-hybridized carbons (Fsp3) is 0.250. The van der Waals surface area contributed by atoms with Gasteiger partial charge >= 0.3 is 0 Å². The number of ether oxygens (including phenoxy) is 1. The predicted octanol–water partition coefficient (Wildman–Crippen LogP) is 2.04. The van der Waals surface area contributed by atoms with Crippen molar-refractivity contribution in [2.75, 3.05) is 13.2 Å². The molecule has 0 fully saturated rings. The molecule has 0 aliphatic carbocycles. The average Bonchev–Trinajstić information content (AvgIpc) is 2.22. The van der Waals surface area contributed by atoms with Gasteiger partial charge in [0.05, 0.1) is 0 Å². The molecule has 0 saturated carbocycles. The van der Waals surface area contributed by atoms with Gasteiger partial charge in [-0.1, -0.05) is 24.8 Å². The Morgan fingerprint density at radius 1 is 1.50 bits per heavy atom. The molecule has 1 aromatic carbocycles. The molecule has 2 N–H and O–H groups in total. The molecule has 2 heteroatoms. The quantitative estimate of drug-likeness (QED) is 0.736. The summed E-state index contributed by atoms with van der Waals surface area (Å²) in [7, 11) is 0. The summed E-state index contributed by atoms with van der Waals surface area (Å²) in [6.07, 6.45) is 0. The molecule has 0 aliphatic heterocycles. The lowest BCUT2D eigenvalue weighted by molar-refractivity contribution is 0.348. The zero-order valence-corrected chi connectivity index (χ0v) is 8.42. The molecule has 0 saturated heterocycles. The van der Waals surface area contributed by atoms with Crippen molar-refractivity contribution in [3.8, 4) is 5.75 Å². The Morgan fingerprint density at radius 2 is 2.21 bits per heavy atom. The SMILES string of the molecule is C=C=C(CN)COc1ccccc1C. The Morgan fingerprint density at radius 3 is 2.79 bits per heavy atom. The van der Waals surface area contributed by atoms with Gasteiger partial charge in [-0.25, -0.2) is 0 Å². The smallest absolute Gasteiger partial charge is 0.122 e. The molecule has 0 heterocycles. The fourth-order valence-corrected chi connectivity index (χ4v) is 1.07. The molecule has 0 aromatic heterocycles. The standard InChI is InChI=1S/C12H15NO/c1-3-11(8-13)9-14-12-7-5-4-6-10(12)2/h4-7H,1,8-9,13H2,2H3. The van der Waals surface area contributed by atoms with Gasteiger partial charge in [0, 0.05) is 12.1 Å². The zero-order chi connectivity index (χ0) is 10.4. The normalized spacial score (nSPS) is 9.29. The molecule has 1 rings (SSSR count). The van der Waals surface area contributed by atoms with E-state index in [2.05, 4.69) is 12.3 Å². The maximum atomic E-state index is 5.56. The summed E-state index contributed by atoms with van der Waals surface area (Å²) in [6.45, 7) is 6.46. The van der Waals surface area contributed by atoms with Gasteiger partial charge in [0.2, 0.25) is 0 Å². The first kappa shape index (κ1) is 10.6. The third-order valence-corrected chi connectivity index (χ3v) is 1.99. The van der Waals surface area contributed by atoms with Crippen molar-refractivity contribution in [1.29, 1.82) is 0 Å². The molecule has 74 valence electrons.